The summed E-state index contributed by atoms with van der Waals surface area (Å²) in [6, 6.07) is 9.66. The van der Waals surface area contributed by atoms with Crippen molar-refractivity contribution < 1.29 is 17.9 Å². The molecule has 0 fully saturated rings. The second-order valence-corrected chi connectivity index (χ2v) is 8.91. The van der Waals surface area contributed by atoms with Crippen LogP contribution in [0.3, 0.4) is 0 Å². The molecule has 2 rings (SSSR count). The van der Waals surface area contributed by atoms with Gasteiger partial charge in [0.2, 0.25) is 10.0 Å². The first-order valence-corrected chi connectivity index (χ1v) is 10.6. The molecule has 2 N–H and O–H groups in total. The summed E-state index contributed by atoms with van der Waals surface area (Å²) in [4.78, 5) is 12.4. The third-order valence-corrected chi connectivity index (χ3v) is 5.91. The van der Waals surface area contributed by atoms with Crippen LogP contribution in [0.15, 0.2) is 41.3 Å². The zero-order valence-corrected chi connectivity index (χ0v) is 18.0. The number of nitrogens with one attached hydrogen (secondary N) is 2. The summed E-state index contributed by atoms with van der Waals surface area (Å²) in [5.41, 5.74) is 3.22. The van der Waals surface area contributed by atoms with Crippen LogP contribution in [0.4, 0.5) is 0 Å². The molecule has 0 aromatic heterocycles. The van der Waals surface area contributed by atoms with E-state index in [2.05, 4.69) is 10.0 Å². The fourth-order valence-corrected chi connectivity index (χ4v) is 4.30. The highest BCUT2D eigenvalue weighted by molar-refractivity contribution is 7.89. The van der Waals surface area contributed by atoms with Crippen LogP contribution < -0.4 is 14.8 Å². The van der Waals surface area contributed by atoms with Crippen LogP contribution in [0.25, 0.3) is 0 Å². The molecule has 0 aliphatic carbocycles. The lowest BCUT2D eigenvalue weighted by atomic mass is 10.0. The van der Waals surface area contributed by atoms with E-state index in [1.165, 1.54) is 25.3 Å². The van der Waals surface area contributed by atoms with E-state index in [4.69, 9.17) is 4.74 Å². The molecule has 7 heteroatoms. The Labute approximate surface area is 167 Å². The maximum atomic E-state index is 12.9. The first kappa shape index (κ1) is 21.9. The minimum atomic E-state index is -3.83. The SMILES string of the molecule is COc1ccc(S(=O)(=O)NC(C)c2ccc(C)cc2C)cc1C(=O)NC(C)C. The van der Waals surface area contributed by atoms with E-state index in [0.29, 0.717) is 5.75 Å². The van der Waals surface area contributed by atoms with Gasteiger partial charge >= 0.3 is 0 Å². The topological polar surface area (TPSA) is 84.5 Å². The number of amides is 1. The van der Waals surface area contributed by atoms with Gasteiger partial charge in [-0.25, -0.2) is 13.1 Å². The molecule has 6 nitrogen and oxygen atoms in total. The van der Waals surface area contributed by atoms with Gasteiger partial charge in [-0.1, -0.05) is 23.8 Å². The van der Waals surface area contributed by atoms with Gasteiger partial charge in [0, 0.05) is 12.1 Å². The lowest BCUT2D eigenvalue weighted by Gasteiger charge is -2.18. The molecule has 1 amide bonds. The van der Waals surface area contributed by atoms with Crippen LogP contribution in [0.2, 0.25) is 0 Å². The summed E-state index contributed by atoms with van der Waals surface area (Å²) in [5.74, 6) is -0.0640. The van der Waals surface area contributed by atoms with Gasteiger partial charge in [-0.15, -0.1) is 0 Å². The summed E-state index contributed by atoms with van der Waals surface area (Å²) < 4.78 is 33.7. The molecule has 1 unspecified atom stereocenters. The van der Waals surface area contributed by atoms with Gasteiger partial charge in [-0.2, -0.15) is 0 Å². The van der Waals surface area contributed by atoms with Crippen molar-refractivity contribution in [3.05, 3.63) is 58.7 Å². The fraction of sp³-hybridized carbons (Fsp3) is 0.381. The van der Waals surface area contributed by atoms with Gasteiger partial charge < -0.3 is 10.1 Å². The second-order valence-electron chi connectivity index (χ2n) is 7.19. The number of aryl methyl sites for hydroxylation is 2. The number of benzene rings is 2. The van der Waals surface area contributed by atoms with Crippen molar-refractivity contribution in [1.82, 2.24) is 10.0 Å². The highest BCUT2D eigenvalue weighted by Gasteiger charge is 2.23. The normalized spacial score (nSPS) is 12.7. The van der Waals surface area contributed by atoms with Crippen LogP contribution in [0.5, 0.6) is 5.75 Å². The van der Waals surface area contributed by atoms with Gasteiger partial charge in [-0.05, 0) is 63.9 Å². The number of rotatable bonds is 7. The quantitative estimate of drug-likeness (QED) is 0.740. The van der Waals surface area contributed by atoms with Crippen LogP contribution in [-0.4, -0.2) is 27.5 Å². The standard InChI is InChI=1S/C21H28N2O4S/c1-13(2)22-21(24)19-12-17(8-10-20(19)27-6)28(25,26)23-16(5)18-9-7-14(3)11-15(18)4/h7-13,16,23H,1-6H3,(H,22,24). The maximum Gasteiger partial charge on any atom is 0.255 e. The van der Waals surface area contributed by atoms with Crippen LogP contribution in [0.1, 0.15) is 53.9 Å². The minimum absolute atomic E-state index is 0.0128. The van der Waals surface area contributed by atoms with Crippen molar-refractivity contribution in [3.8, 4) is 5.75 Å². The predicted molar refractivity (Wildman–Crippen MR) is 110 cm³/mol. The van der Waals surface area contributed by atoms with Crippen LogP contribution >= 0.6 is 0 Å². The van der Waals surface area contributed by atoms with Gasteiger partial charge in [0.1, 0.15) is 5.75 Å². The molecular formula is C21H28N2O4S. The van der Waals surface area contributed by atoms with E-state index in [-0.39, 0.29) is 22.4 Å². The molecule has 0 aliphatic heterocycles. The highest BCUT2D eigenvalue weighted by atomic mass is 32.2. The maximum absolute atomic E-state index is 12.9. The largest absolute Gasteiger partial charge is 0.496 e. The molecule has 0 spiro atoms. The van der Waals surface area contributed by atoms with E-state index in [1.807, 2.05) is 45.9 Å². The third kappa shape index (κ3) is 5.11. The van der Waals surface area contributed by atoms with Crippen molar-refractivity contribution in [2.45, 2.75) is 51.6 Å². The molecule has 0 radical (unpaired) electrons. The van der Waals surface area contributed by atoms with E-state index in [0.717, 1.165) is 16.7 Å². The smallest absolute Gasteiger partial charge is 0.255 e. The van der Waals surface area contributed by atoms with Crippen LogP contribution in [0, 0.1) is 13.8 Å². The lowest BCUT2D eigenvalue weighted by molar-refractivity contribution is 0.0940. The van der Waals surface area contributed by atoms with Crippen molar-refractivity contribution in [3.63, 3.8) is 0 Å². The van der Waals surface area contributed by atoms with Crippen molar-refractivity contribution in [1.29, 1.82) is 0 Å². The molecule has 1 atom stereocenters. The number of sulfonamides is 1. The lowest BCUT2D eigenvalue weighted by Crippen LogP contribution is -2.31. The van der Waals surface area contributed by atoms with Gasteiger partial charge in [0.25, 0.3) is 5.91 Å². The molecule has 0 saturated carbocycles. The fourth-order valence-electron chi connectivity index (χ4n) is 3.05. The molecular weight excluding hydrogens is 376 g/mol. The Kier molecular flexibility index (Phi) is 6.85. The summed E-state index contributed by atoms with van der Waals surface area (Å²) >= 11 is 0. The van der Waals surface area contributed by atoms with Crippen molar-refractivity contribution in [2.75, 3.05) is 7.11 Å². The first-order chi connectivity index (χ1) is 13.0. The monoisotopic (exact) mass is 404 g/mol. The van der Waals surface area contributed by atoms with E-state index in [9.17, 15) is 13.2 Å². The molecule has 2 aromatic rings. The Morgan fingerprint density at radius 2 is 1.71 bits per heavy atom. The third-order valence-electron chi connectivity index (χ3n) is 4.37. The number of carbonyl (C=O) groups is 1. The predicted octanol–water partition coefficient (Wildman–Crippen LogP) is 3.49. The Morgan fingerprint density at radius 1 is 1.04 bits per heavy atom. The Morgan fingerprint density at radius 3 is 2.29 bits per heavy atom. The molecule has 0 bridgehead atoms. The molecule has 28 heavy (non-hydrogen) atoms. The van der Waals surface area contributed by atoms with Gasteiger partial charge in [-0.3, -0.25) is 4.79 Å². The molecule has 2 aromatic carbocycles. The molecule has 0 heterocycles. The molecule has 152 valence electrons. The molecule has 0 aliphatic rings. The zero-order chi connectivity index (χ0) is 21.1. The van der Waals surface area contributed by atoms with Crippen molar-refractivity contribution >= 4 is 15.9 Å². The summed E-state index contributed by atoms with van der Waals surface area (Å²) in [5, 5.41) is 2.76. The van der Waals surface area contributed by atoms with Crippen molar-refractivity contribution in [2.24, 2.45) is 0 Å². The molecule has 0 saturated heterocycles. The summed E-state index contributed by atoms with van der Waals surface area (Å²) in [6.45, 7) is 9.41. The van der Waals surface area contributed by atoms with E-state index < -0.39 is 16.1 Å². The Bertz CT molecular complexity index is 968. The van der Waals surface area contributed by atoms with Gasteiger partial charge in [0.05, 0.1) is 17.6 Å². The van der Waals surface area contributed by atoms with Crippen LogP contribution in [-0.2, 0) is 10.0 Å². The highest BCUT2D eigenvalue weighted by Crippen LogP contribution is 2.25. The summed E-state index contributed by atoms with van der Waals surface area (Å²) in [6.07, 6.45) is 0. The average molecular weight is 405 g/mol. The second kappa shape index (κ2) is 8.75. The van der Waals surface area contributed by atoms with Gasteiger partial charge in [0.15, 0.2) is 0 Å². The number of methoxy groups -OCH3 is 1. The van der Waals surface area contributed by atoms with E-state index in [1.54, 1.807) is 6.92 Å². The number of ether oxygens (including phenoxy) is 1. The average Bonchev–Trinajstić information content (AvgIpc) is 2.59. The zero-order valence-electron chi connectivity index (χ0n) is 17.2. The van der Waals surface area contributed by atoms with E-state index >= 15 is 0 Å². The number of hydrogen-bond acceptors (Lipinski definition) is 4. The number of carbonyl (C=O) groups excluding carboxylic acids is 1. The first-order valence-electron chi connectivity index (χ1n) is 9.13. The minimum Gasteiger partial charge on any atom is -0.496 e. The Balaban J connectivity index is 2.35. The Hall–Kier alpha value is -2.38. The number of hydrogen-bond donors (Lipinski definition) is 2. The summed E-state index contributed by atoms with van der Waals surface area (Å²) in [7, 11) is -2.39.